The molecule has 0 bridgehead atoms. The summed E-state index contributed by atoms with van der Waals surface area (Å²) in [4.78, 5) is 33.8. The van der Waals surface area contributed by atoms with Crippen molar-refractivity contribution >= 4 is 16.9 Å². The van der Waals surface area contributed by atoms with E-state index in [0.717, 1.165) is 18.4 Å². The van der Waals surface area contributed by atoms with E-state index in [4.69, 9.17) is 4.74 Å². The van der Waals surface area contributed by atoms with Gasteiger partial charge in [0.15, 0.2) is 0 Å². The summed E-state index contributed by atoms with van der Waals surface area (Å²) in [5.41, 5.74) is 1.57. The monoisotopic (exact) mass is 381 g/mol. The predicted molar refractivity (Wildman–Crippen MR) is 102 cm³/mol. The summed E-state index contributed by atoms with van der Waals surface area (Å²) in [7, 11) is 1.31. The third kappa shape index (κ3) is 3.94. The van der Waals surface area contributed by atoms with Crippen LogP contribution in [0.5, 0.6) is 0 Å². The summed E-state index contributed by atoms with van der Waals surface area (Å²) in [5.74, 6) is -0.196. The fourth-order valence-corrected chi connectivity index (χ4v) is 3.28. The molecule has 1 aromatic heterocycles. The van der Waals surface area contributed by atoms with Crippen molar-refractivity contribution in [3.8, 4) is 0 Å². The van der Waals surface area contributed by atoms with Crippen molar-refractivity contribution in [2.45, 2.75) is 32.0 Å². The number of nitrogens with one attached hydrogen (secondary N) is 1. The Morgan fingerprint density at radius 1 is 1.21 bits per heavy atom. The van der Waals surface area contributed by atoms with Crippen molar-refractivity contribution in [2.24, 2.45) is 0 Å². The first kappa shape index (κ1) is 18.3. The second-order valence-electron chi connectivity index (χ2n) is 7.00. The molecule has 1 heterocycles. The molecule has 1 aliphatic rings. The number of aromatic amines is 1. The molecule has 6 nitrogen and oxygen atoms in total. The third-order valence-corrected chi connectivity index (χ3v) is 4.89. The molecule has 1 saturated carbocycles. The van der Waals surface area contributed by atoms with Gasteiger partial charge in [-0.25, -0.2) is 14.2 Å². The van der Waals surface area contributed by atoms with Crippen LogP contribution in [0.2, 0.25) is 0 Å². The molecule has 28 heavy (non-hydrogen) atoms. The fraction of sp³-hybridized carbons (Fsp3) is 0.286. The number of rotatable bonds is 6. The SMILES string of the molecule is COC(=O)c1ccc2c(=O)[nH]c(CN(Cc3ccc(F)cc3)C3CC3)nc2c1. The number of carbonyl (C=O) groups excluding carboxylic acids is 1. The summed E-state index contributed by atoms with van der Waals surface area (Å²) in [6.45, 7) is 1.12. The number of fused-ring (bicyclic) bond motifs is 1. The van der Waals surface area contributed by atoms with Crippen LogP contribution in [0.4, 0.5) is 4.39 Å². The summed E-state index contributed by atoms with van der Waals surface area (Å²) in [6.07, 6.45) is 2.18. The van der Waals surface area contributed by atoms with E-state index in [9.17, 15) is 14.0 Å². The Labute approximate surface area is 161 Å². The molecule has 144 valence electrons. The van der Waals surface area contributed by atoms with Gasteiger partial charge in [-0.15, -0.1) is 0 Å². The topological polar surface area (TPSA) is 75.3 Å². The van der Waals surface area contributed by atoms with Gasteiger partial charge in [-0.3, -0.25) is 9.69 Å². The van der Waals surface area contributed by atoms with Crippen LogP contribution >= 0.6 is 0 Å². The molecule has 0 amide bonds. The maximum atomic E-state index is 13.2. The maximum absolute atomic E-state index is 13.2. The highest BCUT2D eigenvalue weighted by molar-refractivity contribution is 5.93. The molecule has 1 N–H and O–H groups in total. The molecule has 0 saturated heterocycles. The Hall–Kier alpha value is -3.06. The zero-order valence-electron chi connectivity index (χ0n) is 15.4. The quantitative estimate of drug-likeness (QED) is 0.665. The number of carbonyl (C=O) groups is 1. The van der Waals surface area contributed by atoms with Gasteiger partial charge >= 0.3 is 5.97 Å². The number of esters is 1. The van der Waals surface area contributed by atoms with Crippen LogP contribution in [0.1, 0.15) is 34.6 Å². The third-order valence-electron chi connectivity index (χ3n) is 4.89. The van der Waals surface area contributed by atoms with Gasteiger partial charge in [0.1, 0.15) is 11.6 Å². The molecule has 0 unspecified atom stereocenters. The van der Waals surface area contributed by atoms with Gasteiger partial charge in [0.05, 0.1) is 30.1 Å². The number of hydrogen-bond donors (Lipinski definition) is 1. The first-order valence-corrected chi connectivity index (χ1v) is 9.13. The van der Waals surface area contributed by atoms with Gasteiger partial charge in [-0.05, 0) is 48.7 Å². The number of benzene rings is 2. The Balaban J connectivity index is 1.62. The lowest BCUT2D eigenvalue weighted by molar-refractivity contribution is 0.0601. The maximum Gasteiger partial charge on any atom is 0.337 e. The summed E-state index contributed by atoms with van der Waals surface area (Å²) in [6, 6.07) is 11.6. The molecule has 0 aliphatic heterocycles. The minimum absolute atomic E-state index is 0.242. The number of nitrogens with zero attached hydrogens (tertiary/aromatic N) is 2. The molecule has 1 aliphatic carbocycles. The van der Waals surface area contributed by atoms with Crippen LogP contribution < -0.4 is 5.56 Å². The molecule has 1 fully saturated rings. The molecule has 7 heteroatoms. The molecular weight excluding hydrogens is 361 g/mol. The first-order chi connectivity index (χ1) is 13.5. The van der Waals surface area contributed by atoms with Gasteiger partial charge in [-0.2, -0.15) is 0 Å². The van der Waals surface area contributed by atoms with Gasteiger partial charge in [0.2, 0.25) is 0 Å². The van der Waals surface area contributed by atoms with E-state index in [1.165, 1.54) is 19.2 Å². The zero-order chi connectivity index (χ0) is 19.7. The molecule has 0 radical (unpaired) electrons. The van der Waals surface area contributed by atoms with Crippen molar-refractivity contribution in [3.63, 3.8) is 0 Å². The van der Waals surface area contributed by atoms with Crippen molar-refractivity contribution in [1.29, 1.82) is 0 Å². The van der Waals surface area contributed by atoms with Gasteiger partial charge in [0, 0.05) is 12.6 Å². The fourth-order valence-electron chi connectivity index (χ4n) is 3.28. The standard InChI is InChI=1S/C21H20FN3O3/c1-28-21(27)14-4-9-17-18(10-14)23-19(24-20(17)26)12-25(16-7-8-16)11-13-2-5-15(22)6-3-13/h2-6,9-10,16H,7-8,11-12H2,1H3,(H,23,24,26). The highest BCUT2D eigenvalue weighted by Gasteiger charge is 2.29. The van der Waals surface area contributed by atoms with Crippen molar-refractivity contribution in [1.82, 2.24) is 14.9 Å². The van der Waals surface area contributed by atoms with E-state index < -0.39 is 5.97 Å². The molecule has 4 rings (SSSR count). The average Bonchev–Trinajstić information content (AvgIpc) is 3.53. The van der Waals surface area contributed by atoms with Gasteiger partial charge < -0.3 is 9.72 Å². The summed E-state index contributed by atoms with van der Waals surface area (Å²) in [5, 5.41) is 0.424. The average molecular weight is 381 g/mol. The highest BCUT2D eigenvalue weighted by atomic mass is 19.1. The molecule has 3 aromatic rings. The largest absolute Gasteiger partial charge is 0.465 e. The molecule has 0 atom stereocenters. The number of aromatic nitrogens is 2. The zero-order valence-corrected chi connectivity index (χ0v) is 15.4. The van der Waals surface area contributed by atoms with Crippen LogP contribution in [0.25, 0.3) is 10.9 Å². The smallest absolute Gasteiger partial charge is 0.337 e. The second kappa shape index (κ2) is 7.52. The lowest BCUT2D eigenvalue weighted by atomic mass is 10.1. The van der Waals surface area contributed by atoms with Gasteiger partial charge in [-0.1, -0.05) is 12.1 Å². The van der Waals surface area contributed by atoms with E-state index in [1.807, 2.05) is 0 Å². The summed E-state index contributed by atoms with van der Waals surface area (Å²) < 4.78 is 17.9. The lowest BCUT2D eigenvalue weighted by Gasteiger charge is -2.21. The molecule has 0 spiro atoms. The number of hydrogen-bond acceptors (Lipinski definition) is 5. The highest BCUT2D eigenvalue weighted by Crippen LogP contribution is 2.29. The number of H-pyrrole nitrogens is 1. The Bertz CT molecular complexity index is 1070. The van der Waals surface area contributed by atoms with E-state index in [2.05, 4.69) is 14.9 Å². The van der Waals surface area contributed by atoms with E-state index in [0.29, 0.717) is 41.4 Å². The Kier molecular flexibility index (Phi) is 4.92. The lowest BCUT2D eigenvalue weighted by Crippen LogP contribution is -2.27. The minimum atomic E-state index is -0.471. The minimum Gasteiger partial charge on any atom is -0.465 e. The van der Waals surface area contributed by atoms with Crippen LogP contribution in [0.3, 0.4) is 0 Å². The predicted octanol–water partition coefficient (Wildman–Crippen LogP) is 3.01. The van der Waals surface area contributed by atoms with Crippen LogP contribution in [-0.2, 0) is 17.8 Å². The molecular formula is C21H20FN3O3. The number of methoxy groups -OCH3 is 1. The van der Waals surface area contributed by atoms with E-state index in [-0.39, 0.29) is 11.4 Å². The van der Waals surface area contributed by atoms with Crippen molar-refractivity contribution in [2.75, 3.05) is 7.11 Å². The normalized spacial score (nSPS) is 13.8. The van der Waals surface area contributed by atoms with E-state index in [1.54, 1.807) is 30.3 Å². The first-order valence-electron chi connectivity index (χ1n) is 9.13. The van der Waals surface area contributed by atoms with Crippen molar-refractivity contribution in [3.05, 3.63) is 75.6 Å². The number of halogens is 1. The van der Waals surface area contributed by atoms with Crippen molar-refractivity contribution < 1.29 is 13.9 Å². The molecule has 2 aromatic carbocycles. The summed E-state index contributed by atoms with van der Waals surface area (Å²) >= 11 is 0. The second-order valence-corrected chi connectivity index (χ2v) is 7.00. The van der Waals surface area contributed by atoms with Gasteiger partial charge in [0.25, 0.3) is 5.56 Å². The van der Waals surface area contributed by atoms with Crippen LogP contribution in [0.15, 0.2) is 47.3 Å². The Morgan fingerprint density at radius 3 is 2.64 bits per heavy atom. The van der Waals surface area contributed by atoms with Crippen LogP contribution in [-0.4, -0.2) is 34.0 Å². The Morgan fingerprint density at radius 2 is 1.96 bits per heavy atom. The van der Waals surface area contributed by atoms with Crippen LogP contribution in [0, 0.1) is 5.82 Å². The van der Waals surface area contributed by atoms with E-state index >= 15 is 0 Å². The number of ether oxygens (including phenoxy) is 1.